The molecule has 0 aliphatic rings. The van der Waals surface area contributed by atoms with Gasteiger partial charge in [-0.1, -0.05) is 36.4 Å². The van der Waals surface area contributed by atoms with Gasteiger partial charge < -0.3 is 10.0 Å². The quantitative estimate of drug-likeness (QED) is 0.569. The molecule has 0 aliphatic carbocycles. The smallest absolute Gasteiger partial charge is 0.222 e. The SMILES string of the molecule is O=C(CCCC[n+]1ccccc1)N(CCO)Cc1ccccc1. The number of hydrogen-bond donors (Lipinski definition) is 1. The average molecular weight is 313 g/mol. The Morgan fingerprint density at radius 1 is 1.00 bits per heavy atom. The summed E-state index contributed by atoms with van der Waals surface area (Å²) >= 11 is 0. The Labute approximate surface area is 138 Å². The second-order valence-electron chi connectivity index (χ2n) is 5.59. The lowest BCUT2D eigenvalue weighted by Crippen LogP contribution is -2.34. The fourth-order valence-corrected chi connectivity index (χ4v) is 2.53. The first-order valence-electron chi connectivity index (χ1n) is 8.16. The van der Waals surface area contributed by atoms with E-state index in [2.05, 4.69) is 4.57 Å². The van der Waals surface area contributed by atoms with Gasteiger partial charge in [-0.25, -0.2) is 4.57 Å². The molecule has 0 spiro atoms. The number of carbonyl (C=O) groups excluding carboxylic acids is 1. The zero-order chi connectivity index (χ0) is 16.3. The zero-order valence-corrected chi connectivity index (χ0v) is 13.5. The van der Waals surface area contributed by atoms with Gasteiger partial charge in [0.15, 0.2) is 12.4 Å². The number of aliphatic hydroxyl groups excluding tert-OH is 1. The monoisotopic (exact) mass is 313 g/mol. The Morgan fingerprint density at radius 3 is 2.39 bits per heavy atom. The van der Waals surface area contributed by atoms with E-state index in [1.54, 1.807) is 4.90 Å². The average Bonchev–Trinajstić information content (AvgIpc) is 2.60. The van der Waals surface area contributed by atoms with Gasteiger partial charge in [0, 0.05) is 38.1 Å². The van der Waals surface area contributed by atoms with Crippen molar-refractivity contribution >= 4 is 5.91 Å². The van der Waals surface area contributed by atoms with Gasteiger partial charge in [0.25, 0.3) is 0 Å². The molecule has 0 atom stereocenters. The van der Waals surface area contributed by atoms with Gasteiger partial charge >= 0.3 is 0 Å². The van der Waals surface area contributed by atoms with Crippen molar-refractivity contribution in [2.45, 2.75) is 32.4 Å². The van der Waals surface area contributed by atoms with Crippen LogP contribution < -0.4 is 4.57 Å². The van der Waals surface area contributed by atoms with E-state index in [1.165, 1.54) is 0 Å². The number of rotatable bonds is 9. The van der Waals surface area contributed by atoms with Gasteiger partial charge in [-0.15, -0.1) is 0 Å². The Balaban J connectivity index is 1.76. The molecule has 4 heteroatoms. The van der Waals surface area contributed by atoms with Crippen LogP contribution in [-0.2, 0) is 17.9 Å². The predicted octanol–water partition coefficient (Wildman–Crippen LogP) is 2.17. The van der Waals surface area contributed by atoms with Crippen molar-refractivity contribution in [3.05, 3.63) is 66.5 Å². The van der Waals surface area contributed by atoms with Crippen LogP contribution in [0.3, 0.4) is 0 Å². The van der Waals surface area contributed by atoms with E-state index in [0.717, 1.165) is 24.9 Å². The highest BCUT2D eigenvalue weighted by atomic mass is 16.3. The first-order valence-corrected chi connectivity index (χ1v) is 8.16. The second kappa shape index (κ2) is 9.74. The number of aryl methyl sites for hydroxylation is 1. The summed E-state index contributed by atoms with van der Waals surface area (Å²) in [5, 5.41) is 9.19. The third kappa shape index (κ3) is 6.20. The van der Waals surface area contributed by atoms with Crippen LogP contribution >= 0.6 is 0 Å². The Bertz CT molecular complexity index is 572. The largest absolute Gasteiger partial charge is 0.395 e. The van der Waals surface area contributed by atoms with E-state index in [1.807, 2.05) is 60.9 Å². The number of aliphatic hydroxyl groups is 1. The van der Waals surface area contributed by atoms with Crippen molar-refractivity contribution in [1.82, 2.24) is 4.90 Å². The molecule has 2 rings (SSSR count). The van der Waals surface area contributed by atoms with E-state index in [4.69, 9.17) is 0 Å². The van der Waals surface area contributed by atoms with Crippen LogP contribution in [0.25, 0.3) is 0 Å². The van der Waals surface area contributed by atoms with Crippen molar-refractivity contribution in [2.75, 3.05) is 13.2 Å². The van der Waals surface area contributed by atoms with Crippen molar-refractivity contribution in [3.8, 4) is 0 Å². The lowest BCUT2D eigenvalue weighted by molar-refractivity contribution is -0.697. The van der Waals surface area contributed by atoms with Crippen molar-refractivity contribution in [1.29, 1.82) is 0 Å². The van der Waals surface area contributed by atoms with Gasteiger partial charge in [0.2, 0.25) is 5.91 Å². The van der Waals surface area contributed by atoms with Crippen LogP contribution in [-0.4, -0.2) is 29.1 Å². The lowest BCUT2D eigenvalue weighted by atomic mass is 10.1. The summed E-state index contributed by atoms with van der Waals surface area (Å²) in [5.74, 6) is 0.112. The van der Waals surface area contributed by atoms with Crippen LogP contribution in [0.1, 0.15) is 24.8 Å². The Kier molecular flexibility index (Phi) is 7.27. The number of benzene rings is 1. The first-order chi connectivity index (χ1) is 11.3. The molecule has 1 aromatic heterocycles. The highest BCUT2D eigenvalue weighted by Crippen LogP contribution is 2.08. The predicted molar refractivity (Wildman–Crippen MR) is 89.4 cm³/mol. The van der Waals surface area contributed by atoms with Gasteiger partial charge in [0.1, 0.15) is 6.54 Å². The number of pyridine rings is 1. The molecular weight excluding hydrogens is 288 g/mol. The lowest BCUT2D eigenvalue weighted by Gasteiger charge is -2.22. The molecule has 0 radical (unpaired) electrons. The maximum absolute atomic E-state index is 12.4. The zero-order valence-electron chi connectivity index (χ0n) is 13.5. The molecule has 122 valence electrons. The van der Waals surface area contributed by atoms with Gasteiger partial charge in [-0.3, -0.25) is 4.79 Å². The third-order valence-electron chi connectivity index (χ3n) is 3.77. The van der Waals surface area contributed by atoms with E-state index < -0.39 is 0 Å². The van der Waals surface area contributed by atoms with Crippen LogP contribution in [0.15, 0.2) is 60.9 Å². The molecule has 1 amide bonds. The molecule has 0 saturated heterocycles. The number of nitrogens with zero attached hydrogens (tertiary/aromatic N) is 2. The maximum atomic E-state index is 12.4. The standard InChI is InChI=1S/C19H25N2O2/c22-16-15-21(17-18-9-3-1-4-10-18)19(23)11-5-8-14-20-12-6-2-7-13-20/h1-4,6-7,9-10,12-13,22H,5,8,11,14-17H2/q+1. The van der Waals surface area contributed by atoms with Crippen molar-refractivity contribution in [2.24, 2.45) is 0 Å². The summed E-state index contributed by atoms with van der Waals surface area (Å²) in [6.07, 6.45) is 6.43. The number of carbonyl (C=O) groups is 1. The van der Waals surface area contributed by atoms with E-state index in [-0.39, 0.29) is 12.5 Å². The van der Waals surface area contributed by atoms with E-state index in [0.29, 0.717) is 19.5 Å². The van der Waals surface area contributed by atoms with Gasteiger partial charge in [-0.2, -0.15) is 0 Å². The molecule has 4 nitrogen and oxygen atoms in total. The highest BCUT2D eigenvalue weighted by molar-refractivity contribution is 5.76. The number of amides is 1. The number of hydrogen-bond acceptors (Lipinski definition) is 2. The maximum Gasteiger partial charge on any atom is 0.222 e. The molecule has 0 bridgehead atoms. The molecular formula is C19H25N2O2+. The van der Waals surface area contributed by atoms with Gasteiger partial charge in [-0.05, 0) is 12.0 Å². The summed E-state index contributed by atoms with van der Waals surface area (Å²) in [4.78, 5) is 14.1. The van der Waals surface area contributed by atoms with E-state index >= 15 is 0 Å². The molecule has 1 heterocycles. The summed E-state index contributed by atoms with van der Waals surface area (Å²) < 4.78 is 2.12. The topological polar surface area (TPSA) is 44.4 Å². The second-order valence-corrected chi connectivity index (χ2v) is 5.59. The first kappa shape index (κ1) is 17.2. The number of unbranched alkanes of at least 4 members (excludes halogenated alkanes) is 1. The summed E-state index contributed by atoms with van der Waals surface area (Å²) in [7, 11) is 0. The molecule has 23 heavy (non-hydrogen) atoms. The van der Waals surface area contributed by atoms with E-state index in [9.17, 15) is 9.90 Å². The highest BCUT2D eigenvalue weighted by Gasteiger charge is 2.13. The molecule has 0 saturated carbocycles. The molecule has 0 aliphatic heterocycles. The minimum absolute atomic E-state index is 0.00155. The minimum Gasteiger partial charge on any atom is -0.395 e. The van der Waals surface area contributed by atoms with Crippen molar-refractivity contribution in [3.63, 3.8) is 0 Å². The summed E-state index contributed by atoms with van der Waals surface area (Å²) in [6, 6.07) is 15.9. The minimum atomic E-state index is -0.00155. The Morgan fingerprint density at radius 2 is 1.70 bits per heavy atom. The molecule has 2 aromatic rings. The summed E-state index contributed by atoms with van der Waals surface area (Å²) in [5.41, 5.74) is 1.09. The molecule has 0 unspecified atom stereocenters. The van der Waals surface area contributed by atoms with Crippen LogP contribution in [0.4, 0.5) is 0 Å². The van der Waals surface area contributed by atoms with Crippen LogP contribution in [0, 0.1) is 0 Å². The molecule has 0 fully saturated rings. The number of aromatic nitrogens is 1. The van der Waals surface area contributed by atoms with Gasteiger partial charge in [0.05, 0.1) is 6.61 Å². The van der Waals surface area contributed by atoms with Crippen molar-refractivity contribution < 1.29 is 14.5 Å². The third-order valence-corrected chi connectivity index (χ3v) is 3.77. The molecule has 1 N–H and O–H groups in total. The fourth-order valence-electron chi connectivity index (χ4n) is 2.53. The Hall–Kier alpha value is -2.20. The molecule has 1 aromatic carbocycles. The van der Waals surface area contributed by atoms with Crippen LogP contribution in [0.2, 0.25) is 0 Å². The normalized spacial score (nSPS) is 10.5. The van der Waals surface area contributed by atoms with Crippen LogP contribution in [0.5, 0.6) is 0 Å². The fraction of sp³-hybridized carbons (Fsp3) is 0.368. The summed E-state index contributed by atoms with van der Waals surface area (Å²) in [6.45, 7) is 1.88.